The second kappa shape index (κ2) is 6.92. The molecule has 7 heteroatoms. The van der Waals surface area contributed by atoms with E-state index in [9.17, 15) is 14.4 Å². The molecule has 0 saturated carbocycles. The first-order valence-corrected chi connectivity index (χ1v) is 9.89. The van der Waals surface area contributed by atoms with E-state index in [1.165, 1.54) is 23.5 Å². The number of hydrogen-bond donors (Lipinski definition) is 2. The Morgan fingerprint density at radius 2 is 1.93 bits per heavy atom. The van der Waals surface area contributed by atoms with Gasteiger partial charge in [-0.15, -0.1) is 0 Å². The van der Waals surface area contributed by atoms with Crippen LogP contribution in [0.4, 0.5) is 5.69 Å². The molecule has 0 saturated heterocycles. The summed E-state index contributed by atoms with van der Waals surface area (Å²) in [6, 6.07) is 14.6. The van der Waals surface area contributed by atoms with Crippen molar-refractivity contribution >= 4 is 22.7 Å². The van der Waals surface area contributed by atoms with E-state index in [0.717, 1.165) is 17.5 Å². The Kier molecular flexibility index (Phi) is 4.56. The molecule has 2 aromatic carbocycles. The van der Waals surface area contributed by atoms with Gasteiger partial charge >= 0.3 is 0 Å². The molecule has 4 rings (SSSR count). The van der Waals surface area contributed by atoms with Gasteiger partial charge < -0.3 is 19.9 Å². The molecular formula is C21H19N2O4S-. The minimum absolute atomic E-state index is 0.0108. The van der Waals surface area contributed by atoms with Crippen LogP contribution in [0.1, 0.15) is 30.5 Å². The third-order valence-corrected chi connectivity index (χ3v) is 5.55. The minimum Gasteiger partial charge on any atom is -0.845 e. The van der Waals surface area contributed by atoms with Crippen molar-refractivity contribution in [3.8, 4) is 11.1 Å². The molecule has 1 heterocycles. The van der Waals surface area contributed by atoms with Gasteiger partial charge in [0.25, 0.3) is 0 Å². The van der Waals surface area contributed by atoms with Crippen LogP contribution in [0.3, 0.4) is 0 Å². The molecular weight excluding hydrogens is 376 g/mol. The number of amidine groups is 1. The molecule has 1 atom stereocenters. The molecule has 2 N–H and O–H groups in total. The first-order chi connectivity index (χ1) is 13.3. The molecule has 1 aromatic heterocycles. The van der Waals surface area contributed by atoms with Crippen LogP contribution in [0.5, 0.6) is 0 Å². The smallest absolute Gasteiger partial charge is 0.213 e. The van der Waals surface area contributed by atoms with E-state index in [1.807, 2.05) is 24.3 Å². The molecule has 6 nitrogen and oxygen atoms in total. The van der Waals surface area contributed by atoms with E-state index in [0.29, 0.717) is 11.3 Å². The van der Waals surface area contributed by atoms with E-state index < -0.39 is 22.6 Å². The Bertz CT molecular complexity index is 1100. The zero-order valence-corrected chi connectivity index (χ0v) is 16.2. The van der Waals surface area contributed by atoms with Crippen molar-refractivity contribution in [2.45, 2.75) is 31.0 Å². The molecule has 3 aromatic rings. The number of nitrogens with one attached hydrogen (secondary N) is 1. The van der Waals surface area contributed by atoms with Crippen molar-refractivity contribution < 1.29 is 18.8 Å². The Balaban J connectivity index is 1.49. The van der Waals surface area contributed by atoms with Gasteiger partial charge in [-0.3, -0.25) is 0 Å². The third kappa shape index (κ3) is 3.58. The van der Waals surface area contributed by atoms with Crippen LogP contribution >= 0.6 is 0 Å². The molecule has 0 fully saturated rings. The number of nitrogens with zero attached hydrogens (tertiary/aromatic N) is 1. The van der Waals surface area contributed by atoms with Gasteiger partial charge in [0.2, 0.25) is 16.1 Å². The zero-order chi connectivity index (χ0) is 19.9. The predicted octanol–water partition coefficient (Wildman–Crippen LogP) is 2.93. The van der Waals surface area contributed by atoms with Gasteiger partial charge in [-0.25, -0.2) is 4.21 Å². The number of furan rings is 1. The number of rotatable bonds is 4. The Morgan fingerprint density at radius 3 is 2.68 bits per heavy atom. The van der Waals surface area contributed by atoms with Crippen LogP contribution in [-0.2, 0) is 23.0 Å². The average Bonchev–Trinajstić information content (AvgIpc) is 3.26. The summed E-state index contributed by atoms with van der Waals surface area (Å²) in [5, 5.41) is 24.7. The summed E-state index contributed by atoms with van der Waals surface area (Å²) in [5.41, 5.74) is 4.67. The fourth-order valence-electron chi connectivity index (χ4n) is 3.22. The Labute approximate surface area is 165 Å². The summed E-state index contributed by atoms with van der Waals surface area (Å²) in [7, 11) is -2.00. The molecule has 1 aliphatic rings. The van der Waals surface area contributed by atoms with Crippen LogP contribution in [0.25, 0.3) is 11.1 Å². The van der Waals surface area contributed by atoms with Gasteiger partial charge in [-0.05, 0) is 54.7 Å². The van der Waals surface area contributed by atoms with Crippen molar-refractivity contribution in [1.82, 2.24) is 0 Å². The third-order valence-electron chi connectivity index (χ3n) is 4.66. The molecule has 1 unspecified atom stereocenters. The maximum Gasteiger partial charge on any atom is 0.213 e. The number of aliphatic hydroxyl groups is 1. The summed E-state index contributed by atoms with van der Waals surface area (Å²) >= 11 is 0. The van der Waals surface area contributed by atoms with Crippen molar-refractivity contribution in [2.75, 3.05) is 5.32 Å². The van der Waals surface area contributed by atoms with Crippen LogP contribution < -0.4 is 10.4 Å². The summed E-state index contributed by atoms with van der Waals surface area (Å²) in [4.78, 5) is 0. The van der Waals surface area contributed by atoms with Gasteiger partial charge in [0.1, 0.15) is 0 Å². The Morgan fingerprint density at radius 1 is 1.18 bits per heavy atom. The number of benzene rings is 2. The topological polar surface area (TPSA) is 97.9 Å². The predicted molar refractivity (Wildman–Crippen MR) is 106 cm³/mol. The Hall–Kier alpha value is -2.90. The summed E-state index contributed by atoms with van der Waals surface area (Å²) in [6.07, 6.45) is 2.11. The van der Waals surface area contributed by atoms with Crippen LogP contribution in [-0.4, -0.2) is 15.3 Å². The molecule has 0 aliphatic heterocycles. The lowest BCUT2D eigenvalue weighted by Gasteiger charge is -2.14. The molecule has 0 amide bonds. The first kappa shape index (κ1) is 18.5. The lowest BCUT2D eigenvalue weighted by atomic mass is 10.0. The van der Waals surface area contributed by atoms with Gasteiger partial charge in [0.05, 0.1) is 17.9 Å². The largest absolute Gasteiger partial charge is 0.845 e. The summed E-state index contributed by atoms with van der Waals surface area (Å²) in [6.45, 7) is 3.17. The van der Waals surface area contributed by atoms with E-state index in [4.69, 9.17) is 4.42 Å². The second-order valence-corrected chi connectivity index (χ2v) is 8.27. The van der Waals surface area contributed by atoms with Gasteiger partial charge in [0.15, 0.2) is 0 Å². The number of fused-ring (bicyclic) bond motifs is 3. The molecule has 0 spiro atoms. The SMILES string of the molecule is CC(C)(O)c1coc(S(=O)/N=C(\[O-])Nc2ccc3c(c2)Cc2ccccc2-3)c1. The normalized spacial score (nSPS) is 14.5. The molecule has 0 bridgehead atoms. The molecule has 144 valence electrons. The summed E-state index contributed by atoms with van der Waals surface area (Å²) < 4.78 is 21.0. The minimum atomic E-state index is -2.00. The van der Waals surface area contributed by atoms with Gasteiger partial charge in [-0.2, -0.15) is 4.40 Å². The van der Waals surface area contributed by atoms with Crippen LogP contribution in [0.15, 0.2) is 68.7 Å². The summed E-state index contributed by atoms with van der Waals surface area (Å²) in [5.74, 6) is 0. The standard InChI is InChI=1S/C21H20N2O4S/c1-21(2,25)15-11-19(27-12-15)28(26)23-20(24)22-16-7-8-18-14(10-16)9-13-5-3-4-6-17(13)18/h3-8,10-12,25H,9H2,1-2H3,(H2,22,23,24)/p-1. The van der Waals surface area contributed by atoms with Crippen molar-refractivity contribution in [1.29, 1.82) is 0 Å². The number of anilines is 1. The van der Waals surface area contributed by atoms with E-state index in [2.05, 4.69) is 21.8 Å². The molecule has 0 radical (unpaired) electrons. The van der Waals surface area contributed by atoms with Crippen LogP contribution in [0, 0.1) is 0 Å². The maximum absolute atomic E-state index is 12.2. The number of hydrogen-bond acceptors (Lipinski definition) is 4. The van der Waals surface area contributed by atoms with Crippen molar-refractivity contribution in [3.05, 3.63) is 71.5 Å². The highest BCUT2D eigenvalue weighted by Crippen LogP contribution is 2.37. The van der Waals surface area contributed by atoms with Crippen LogP contribution in [0.2, 0.25) is 0 Å². The van der Waals surface area contributed by atoms with Gasteiger partial charge in [0, 0.05) is 17.3 Å². The second-order valence-electron chi connectivity index (χ2n) is 7.19. The first-order valence-electron chi connectivity index (χ1n) is 8.78. The molecule has 1 aliphatic carbocycles. The van der Waals surface area contributed by atoms with Gasteiger partial charge in [-0.1, -0.05) is 30.3 Å². The fourth-order valence-corrected chi connectivity index (χ4v) is 3.86. The van der Waals surface area contributed by atoms with E-state index >= 15 is 0 Å². The fraction of sp³-hybridized carbons (Fsp3) is 0.190. The lowest BCUT2D eigenvalue weighted by molar-refractivity contribution is -0.213. The maximum atomic E-state index is 12.2. The molecule has 28 heavy (non-hydrogen) atoms. The highest BCUT2D eigenvalue weighted by Gasteiger charge is 2.21. The van der Waals surface area contributed by atoms with Crippen molar-refractivity contribution in [3.63, 3.8) is 0 Å². The van der Waals surface area contributed by atoms with E-state index in [1.54, 1.807) is 19.9 Å². The highest BCUT2D eigenvalue weighted by atomic mass is 32.2. The van der Waals surface area contributed by atoms with Crippen molar-refractivity contribution in [2.24, 2.45) is 4.40 Å². The quantitative estimate of drug-likeness (QED) is 0.409. The zero-order valence-electron chi connectivity index (χ0n) is 15.4. The van der Waals surface area contributed by atoms with E-state index in [-0.39, 0.29) is 5.09 Å². The highest BCUT2D eigenvalue weighted by molar-refractivity contribution is 7.83. The monoisotopic (exact) mass is 395 g/mol. The average molecular weight is 395 g/mol. The lowest BCUT2D eigenvalue weighted by Crippen LogP contribution is -2.27.